The highest BCUT2D eigenvalue weighted by Gasteiger charge is 2.20. The van der Waals surface area contributed by atoms with E-state index in [1.165, 1.54) is 11.9 Å². The van der Waals surface area contributed by atoms with Gasteiger partial charge in [-0.1, -0.05) is 32.0 Å². The fraction of sp³-hybridized carbons (Fsp3) is 0.231. The topological polar surface area (TPSA) is 122 Å². The number of aromatic amines is 1. The van der Waals surface area contributed by atoms with Crippen LogP contribution >= 0.6 is 0 Å². The first-order chi connectivity index (χ1) is 16.8. The lowest BCUT2D eigenvalue weighted by Gasteiger charge is -2.18. The lowest BCUT2D eigenvalue weighted by atomic mass is 9.87. The van der Waals surface area contributed by atoms with Crippen molar-refractivity contribution in [3.63, 3.8) is 0 Å². The largest absolute Gasteiger partial charge is 0.358 e. The number of hydrogen-bond acceptors (Lipinski definition) is 7. The molecule has 4 heterocycles. The molecule has 9 nitrogen and oxygen atoms in total. The predicted molar refractivity (Wildman–Crippen MR) is 131 cm³/mol. The van der Waals surface area contributed by atoms with Crippen LogP contribution in [0.5, 0.6) is 0 Å². The summed E-state index contributed by atoms with van der Waals surface area (Å²) in [7, 11) is 0. The Labute approximate surface area is 202 Å². The molecule has 5 aromatic rings. The van der Waals surface area contributed by atoms with Crippen LogP contribution in [-0.2, 0) is 5.41 Å². The standard InChI is InChI=1S/C26H25N7O2/c1-15(30-25(34)22-12-19(28-14-29-22)16-7-9-27-10-8-16)23-13-21(33-35-23)24-31-18-6-5-17(26(2,3)4)11-20(18)32-24/h5-15H,1-4H3,(H,30,34)(H,31,32)/t15-/m1/s1. The van der Waals surface area contributed by atoms with Gasteiger partial charge in [0.1, 0.15) is 17.7 Å². The molecular formula is C26H25N7O2. The number of imidazole rings is 1. The minimum atomic E-state index is -0.431. The molecule has 1 atom stereocenters. The first-order valence-electron chi connectivity index (χ1n) is 11.3. The zero-order chi connectivity index (χ0) is 24.6. The third-order valence-corrected chi connectivity index (χ3v) is 5.77. The third kappa shape index (κ3) is 4.65. The number of hydrogen-bond donors (Lipinski definition) is 2. The van der Waals surface area contributed by atoms with Crippen LogP contribution in [0.4, 0.5) is 0 Å². The van der Waals surface area contributed by atoms with E-state index in [2.05, 4.69) is 68.3 Å². The van der Waals surface area contributed by atoms with Crippen LogP contribution in [0.15, 0.2) is 65.7 Å². The number of pyridine rings is 1. The van der Waals surface area contributed by atoms with E-state index in [1.54, 1.807) is 24.5 Å². The summed E-state index contributed by atoms with van der Waals surface area (Å²) in [5, 5.41) is 7.06. The van der Waals surface area contributed by atoms with Crippen molar-refractivity contribution >= 4 is 16.9 Å². The van der Waals surface area contributed by atoms with E-state index >= 15 is 0 Å². The lowest BCUT2D eigenvalue weighted by Crippen LogP contribution is -2.27. The average Bonchev–Trinajstić information content (AvgIpc) is 3.51. The summed E-state index contributed by atoms with van der Waals surface area (Å²) in [5.74, 6) is 0.775. The Balaban J connectivity index is 1.32. The molecule has 0 fully saturated rings. The second kappa shape index (κ2) is 8.75. The van der Waals surface area contributed by atoms with Gasteiger partial charge in [0.15, 0.2) is 11.6 Å². The molecular weight excluding hydrogens is 442 g/mol. The molecule has 1 amide bonds. The van der Waals surface area contributed by atoms with Gasteiger partial charge in [-0.3, -0.25) is 9.78 Å². The number of nitrogens with one attached hydrogen (secondary N) is 2. The van der Waals surface area contributed by atoms with Crippen molar-refractivity contribution in [2.45, 2.75) is 39.2 Å². The van der Waals surface area contributed by atoms with E-state index in [0.29, 0.717) is 23.0 Å². The lowest BCUT2D eigenvalue weighted by molar-refractivity contribution is 0.0928. The maximum atomic E-state index is 12.8. The molecule has 0 bridgehead atoms. The number of H-pyrrole nitrogens is 1. The van der Waals surface area contributed by atoms with Crippen molar-refractivity contribution in [2.75, 3.05) is 0 Å². The Morgan fingerprint density at radius 3 is 2.60 bits per heavy atom. The first-order valence-corrected chi connectivity index (χ1v) is 11.3. The van der Waals surface area contributed by atoms with Gasteiger partial charge in [-0.2, -0.15) is 0 Å². The molecule has 1 aromatic carbocycles. The number of rotatable bonds is 5. The number of amides is 1. The summed E-state index contributed by atoms with van der Waals surface area (Å²) < 4.78 is 5.52. The molecule has 0 saturated carbocycles. The summed E-state index contributed by atoms with van der Waals surface area (Å²) in [6, 6.07) is 12.8. The smallest absolute Gasteiger partial charge is 0.270 e. The Kier molecular flexibility index (Phi) is 5.60. The van der Waals surface area contributed by atoms with Gasteiger partial charge in [0, 0.05) is 24.0 Å². The minimum Gasteiger partial charge on any atom is -0.358 e. The van der Waals surface area contributed by atoms with E-state index in [0.717, 1.165) is 16.6 Å². The van der Waals surface area contributed by atoms with Gasteiger partial charge >= 0.3 is 0 Å². The Bertz CT molecular complexity index is 1500. The normalized spacial score (nSPS) is 12.6. The molecule has 0 saturated heterocycles. The maximum absolute atomic E-state index is 12.8. The van der Waals surface area contributed by atoms with Gasteiger partial charge in [0.05, 0.1) is 22.8 Å². The number of benzene rings is 1. The Morgan fingerprint density at radius 2 is 1.83 bits per heavy atom. The summed E-state index contributed by atoms with van der Waals surface area (Å²) in [6.45, 7) is 8.34. The van der Waals surface area contributed by atoms with Crippen molar-refractivity contribution < 1.29 is 9.32 Å². The van der Waals surface area contributed by atoms with Gasteiger partial charge in [-0.05, 0) is 48.2 Å². The zero-order valence-electron chi connectivity index (χ0n) is 19.9. The van der Waals surface area contributed by atoms with Crippen molar-refractivity contribution in [3.8, 4) is 22.8 Å². The van der Waals surface area contributed by atoms with Crippen LogP contribution in [0, 0.1) is 0 Å². The van der Waals surface area contributed by atoms with Gasteiger partial charge in [-0.15, -0.1) is 0 Å². The SMILES string of the molecule is C[C@@H](NC(=O)c1cc(-c2ccncc2)ncn1)c1cc(-c2nc3ccc(C(C)(C)C)cc3[nH]2)no1. The summed E-state index contributed by atoms with van der Waals surface area (Å²) in [4.78, 5) is 33.1. The van der Waals surface area contributed by atoms with Gasteiger partial charge < -0.3 is 14.8 Å². The predicted octanol–water partition coefficient (Wildman–Crippen LogP) is 4.86. The molecule has 0 aliphatic heterocycles. The summed E-state index contributed by atoms with van der Waals surface area (Å²) in [6.07, 6.45) is 4.72. The quantitative estimate of drug-likeness (QED) is 0.378. The van der Waals surface area contributed by atoms with Crippen LogP contribution in [0.3, 0.4) is 0 Å². The Hall–Kier alpha value is -4.40. The highest BCUT2D eigenvalue weighted by molar-refractivity contribution is 5.93. The van der Waals surface area contributed by atoms with E-state index in [1.807, 2.05) is 25.1 Å². The van der Waals surface area contributed by atoms with Crippen molar-refractivity contribution in [3.05, 3.63) is 78.2 Å². The number of carbonyl (C=O) groups excluding carboxylic acids is 1. The number of carbonyl (C=O) groups is 1. The highest BCUT2D eigenvalue weighted by Crippen LogP contribution is 2.28. The van der Waals surface area contributed by atoms with E-state index in [-0.39, 0.29) is 17.0 Å². The molecule has 9 heteroatoms. The number of nitrogens with zero attached hydrogens (tertiary/aromatic N) is 5. The van der Waals surface area contributed by atoms with Crippen molar-refractivity contribution in [2.24, 2.45) is 0 Å². The van der Waals surface area contributed by atoms with E-state index < -0.39 is 6.04 Å². The molecule has 35 heavy (non-hydrogen) atoms. The molecule has 4 aromatic heterocycles. The summed E-state index contributed by atoms with van der Waals surface area (Å²) >= 11 is 0. The van der Waals surface area contributed by atoms with Gasteiger partial charge in [-0.25, -0.2) is 15.0 Å². The van der Waals surface area contributed by atoms with E-state index in [9.17, 15) is 4.79 Å². The fourth-order valence-electron chi connectivity index (χ4n) is 3.71. The monoisotopic (exact) mass is 467 g/mol. The zero-order valence-corrected chi connectivity index (χ0v) is 19.9. The summed E-state index contributed by atoms with van der Waals surface area (Å²) in [5.41, 5.74) is 5.36. The highest BCUT2D eigenvalue weighted by atomic mass is 16.5. The molecule has 5 rings (SSSR count). The molecule has 0 aliphatic carbocycles. The second-order valence-corrected chi connectivity index (χ2v) is 9.40. The van der Waals surface area contributed by atoms with Crippen LogP contribution < -0.4 is 5.32 Å². The minimum absolute atomic E-state index is 0.0386. The number of fused-ring (bicyclic) bond motifs is 1. The molecule has 0 unspecified atom stereocenters. The first kappa shape index (κ1) is 22.4. The second-order valence-electron chi connectivity index (χ2n) is 9.40. The fourth-order valence-corrected chi connectivity index (χ4v) is 3.71. The third-order valence-electron chi connectivity index (χ3n) is 5.77. The molecule has 2 N–H and O–H groups in total. The Morgan fingerprint density at radius 1 is 1.03 bits per heavy atom. The van der Waals surface area contributed by atoms with Crippen LogP contribution in [0.1, 0.15) is 55.5 Å². The molecule has 176 valence electrons. The van der Waals surface area contributed by atoms with Crippen LogP contribution in [0.2, 0.25) is 0 Å². The number of aromatic nitrogens is 6. The molecule has 0 radical (unpaired) electrons. The maximum Gasteiger partial charge on any atom is 0.270 e. The average molecular weight is 468 g/mol. The van der Waals surface area contributed by atoms with Crippen molar-refractivity contribution in [1.29, 1.82) is 0 Å². The van der Waals surface area contributed by atoms with Crippen LogP contribution in [-0.4, -0.2) is 36.0 Å². The van der Waals surface area contributed by atoms with Gasteiger partial charge in [0.25, 0.3) is 5.91 Å². The van der Waals surface area contributed by atoms with Crippen molar-refractivity contribution in [1.82, 2.24) is 35.4 Å². The van der Waals surface area contributed by atoms with Gasteiger partial charge in [0.2, 0.25) is 0 Å². The van der Waals surface area contributed by atoms with Crippen LogP contribution in [0.25, 0.3) is 33.8 Å². The molecule has 0 aliphatic rings. The molecule has 0 spiro atoms. The van der Waals surface area contributed by atoms with E-state index in [4.69, 9.17) is 4.52 Å².